The summed E-state index contributed by atoms with van der Waals surface area (Å²) in [6.07, 6.45) is 4.97. The van der Waals surface area contributed by atoms with Crippen LogP contribution in [-0.4, -0.2) is 24.2 Å². The molecule has 0 aliphatic heterocycles. The minimum Gasteiger partial charge on any atom is -0.397 e. The highest BCUT2D eigenvalue weighted by atomic mass is 127. The topological polar surface area (TPSA) is 92.8 Å². The van der Waals surface area contributed by atoms with Crippen LogP contribution < -0.4 is 5.73 Å². The largest absolute Gasteiger partial charge is 0.397 e. The molecule has 25 heavy (non-hydrogen) atoms. The number of nitrogen functional groups attached to an aromatic ring is 1. The van der Waals surface area contributed by atoms with Gasteiger partial charge in [0.05, 0.1) is 32.8 Å². The molecule has 6 nitrogen and oxygen atoms in total. The molecule has 0 bridgehead atoms. The summed E-state index contributed by atoms with van der Waals surface area (Å²) in [6, 6.07) is 11.9. The van der Waals surface area contributed by atoms with Gasteiger partial charge >= 0.3 is 0 Å². The Bertz CT molecular complexity index is 1070. The number of halogens is 1. The van der Waals surface area contributed by atoms with E-state index < -0.39 is 0 Å². The van der Waals surface area contributed by atoms with E-state index in [0.29, 0.717) is 17.2 Å². The van der Waals surface area contributed by atoms with Crippen molar-refractivity contribution in [1.29, 1.82) is 0 Å². The van der Waals surface area contributed by atoms with Crippen molar-refractivity contribution >= 4 is 49.2 Å². The molecule has 3 N–H and O–H groups in total. The summed E-state index contributed by atoms with van der Waals surface area (Å²) in [7, 11) is 0. The minimum absolute atomic E-state index is 0.648. The van der Waals surface area contributed by atoms with Gasteiger partial charge in [-0.15, -0.1) is 0 Å². The lowest BCUT2D eigenvalue weighted by molar-refractivity contribution is 1.17. The van der Waals surface area contributed by atoms with Crippen LogP contribution in [0.15, 0.2) is 60.0 Å². The number of aromatic amines is 1. The average Bonchev–Trinajstić information content (AvgIpc) is 3.07. The number of aromatic nitrogens is 4. The Kier molecular flexibility index (Phi) is 4.14. The standard InChI is InChI=1S/C18H13IN6/c19-10-23-14-3-1-11(7-13(14)20)12-2-4-15-16(8-12)25-18(24-15)17-9-21-5-6-22-17/h1-10H,20H2,(H,24,25). The number of benzene rings is 2. The molecule has 4 aromatic rings. The van der Waals surface area contributed by atoms with E-state index in [4.69, 9.17) is 5.73 Å². The molecule has 2 aromatic heterocycles. The highest BCUT2D eigenvalue weighted by Gasteiger charge is 2.08. The van der Waals surface area contributed by atoms with Gasteiger partial charge in [-0.3, -0.25) is 4.98 Å². The number of aliphatic imine (C=N–C) groups is 1. The maximum atomic E-state index is 6.09. The van der Waals surface area contributed by atoms with Crippen molar-refractivity contribution in [2.45, 2.75) is 0 Å². The molecule has 0 saturated carbocycles. The van der Waals surface area contributed by atoms with Crippen LogP contribution in [-0.2, 0) is 0 Å². The monoisotopic (exact) mass is 440 g/mol. The lowest BCUT2D eigenvalue weighted by Gasteiger charge is -2.05. The number of nitrogens with two attached hydrogens (primary N) is 1. The summed E-state index contributed by atoms with van der Waals surface area (Å²) in [5, 5.41) is 0. The number of rotatable bonds is 3. The number of H-pyrrole nitrogens is 1. The molecular formula is C18H13IN6. The fourth-order valence-electron chi connectivity index (χ4n) is 2.64. The molecule has 4 rings (SSSR count). The van der Waals surface area contributed by atoms with Gasteiger partial charge in [0.2, 0.25) is 0 Å². The molecule has 2 aromatic carbocycles. The van der Waals surface area contributed by atoms with Gasteiger partial charge in [0.15, 0.2) is 5.82 Å². The van der Waals surface area contributed by atoms with Crippen LogP contribution in [0.5, 0.6) is 0 Å². The van der Waals surface area contributed by atoms with Crippen LogP contribution in [0, 0.1) is 0 Å². The van der Waals surface area contributed by atoms with Crippen LogP contribution in [0.3, 0.4) is 0 Å². The molecule has 0 aliphatic rings. The van der Waals surface area contributed by atoms with Crippen molar-refractivity contribution in [1.82, 2.24) is 19.9 Å². The van der Waals surface area contributed by atoms with Crippen molar-refractivity contribution in [2.24, 2.45) is 4.99 Å². The van der Waals surface area contributed by atoms with Gasteiger partial charge in [0.1, 0.15) is 5.69 Å². The third kappa shape index (κ3) is 3.10. The lowest BCUT2D eigenvalue weighted by Crippen LogP contribution is -1.87. The molecule has 0 amide bonds. The Labute approximate surface area is 157 Å². The summed E-state index contributed by atoms with van der Waals surface area (Å²) in [6.45, 7) is 0. The molecule has 2 heterocycles. The average molecular weight is 440 g/mol. The number of anilines is 1. The van der Waals surface area contributed by atoms with E-state index in [-0.39, 0.29) is 0 Å². The Hall–Kier alpha value is -2.81. The van der Waals surface area contributed by atoms with Gasteiger partial charge in [0, 0.05) is 12.4 Å². The highest BCUT2D eigenvalue weighted by molar-refractivity contribution is 14.1. The van der Waals surface area contributed by atoms with Gasteiger partial charge in [0.25, 0.3) is 0 Å². The Morgan fingerprint density at radius 3 is 2.68 bits per heavy atom. The summed E-state index contributed by atoms with van der Waals surface area (Å²) >= 11 is 2.08. The Morgan fingerprint density at radius 1 is 1.08 bits per heavy atom. The third-order valence-corrected chi connectivity index (χ3v) is 4.11. The van der Waals surface area contributed by atoms with Crippen LogP contribution in [0.4, 0.5) is 11.4 Å². The number of nitrogens with one attached hydrogen (secondary N) is 1. The van der Waals surface area contributed by atoms with Gasteiger partial charge in [-0.1, -0.05) is 12.1 Å². The lowest BCUT2D eigenvalue weighted by atomic mass is 10.0. The maximum absolute atomic E-state index is 6.09. The zero-order chi connectivity index (χ0) is 17.2. The predicted octanol–water partition coefficient (Wildman–Crippen LogP) is 4.36. The van der Waals surface area contributed by atoms with Crippen LogP contribution >= 0.6 is 22.6 Å². The van der Waals surface area contributed by atoms with Crippen LogP contribution in [0.25, 0.3) is 33.7 Å². The Balaban J connectivity index is 1.75. The molecule has 7 heteroatoms. The molecule has 0 spiro atoms. The number of hydrogen-bond donors (Lipinski definition) is 2. The fraction of sp³-hybridized carbons (Fsp3) is 0. The van der Waals surface area contributed by atoms with Crippen LogP contribution in [0.1, 0.15) is 0 Å². The molecule has 0 aliphatic carbocycles. The molecule has 0 radical (unpaired) electrons. The Morgan fingerprint density at radius 2 is 1.92 bits per heavy atom. The van der Waals surface area contributed by atoms with Gasteiger partial charge < -0.3 is 10.7 Å². The van der Waals surface area contributed by atoms with E-state index in [9.17, 15) is 0 Å². The summed E-state index contributed by atoms with van der Waals surface area (Å²) in [5.74, 6) is 0.700. The zero-order valence-corrected chi connectivity index (χ0v) is 15.2. The zero-order valence-electron chi connectivity index (χ0n) is 13.0. The van der Waals surface area contributed by atoms with Crippen molar-refractivity contribution in [3.8, 4) is 22.6 Å². The number of nitrogens with zero attached hydrogens (tertiary/aromatic N) is 4. The van der Waals surface area contributed by atoms with E-state index in [2.05, 4.69) is 53.6 Å². The molecule has 122 valence electrons. The van der Waals surface area contributed by atoms with Crippen molar-refractivity contribution < 1.29 is 0 Å². The fourth-order valence-corrected chi connectivity index (χ4v) is 2.94. The minimum atomic E-state index is 0.648. The first-order valence-corrected chi connectivity index (χ1v) is 8.78. The first kappa shape index (κ1) is 15.7. The smallest absolute Gasteiger partial charge is 0.158 e. The predicted molar refractivity (Wildman–Crippen MR) is 109 cm³/mol. The van der Waals surface area contributed by atoms with Gasteiger partial charge in [-0.2, -0.15) is 0 Å². The third-order valence-electron chi connectivity index (χ3n) is 3.84. The SMILES string of the molecule is Nc1cc(-c2ccc3nc(-c4cnccn4)[nH]c3c2)ccc1N=CI. The molecule has 0 saturated heterocycles. The summed E-state index contributed by atoms with van der Waals surface area (Å²) < 4.78 is 1.70. The quantitative estimate of drug-likeness (QED) is 0.281. The van der Waals surface area contributed by atoms with E-state index >= 15 is 0 Å². The number of hydrogen-bond acceptors (Lipinski definition) is 5. The summed E-state index contributed by atoms with van der Waals surface area (Å²) in [4.78, 5) is 20.5. The second-order valence-electron chi connectivity index (χ2n) is 5.41. The number of imidazole rings is 1. The first-order chi connectivity index (χ1) is 12.2. The second kappa shape index (κ2) is 6.60. The summed E-state index contributed by atoms with van der Waals surface area (Å²) in [5.41, 5.74) is 12.1. The van der Waals surface area contributed by atoms with E-state index in [1.807, 2.05) is 30.3 Å². The van der Waals surface area contributed by atoms with Crippen molar-refractivity contribution in [2.75, 3.05) is 5.73 Å². The second-order valence-corrected chi connectivity index (χ2v) is 5.97. The molecule has 0 unspecified atom stereocenters. The van der Waals surface area contributed by atoms with Gasteiger partial charge in [-0.25, -0.2) is 15.0 Å². The normalized spacial score (nSPS) is 11.4. The van der Waals surface area contributed by atoms with Gasteiger partial charge in [-0.05, 0) is 58.0 Å². The van der Waals surface area contributed by atoms with E-state index in [0.717, 1.165) is 27.8 Å². The highest BCUT2D eigenvalue weighted by Crippen LogP contribution is 2.30. The molecule has 0 atom stereocenters. The molecular weight excluding hydrogens is 427 g/mol. The number of fused-ring (bicyclic) bond motifs is 1. The van der Waals surface area contributed by atoms with Crippen LogP contribution in [0.2, 0.25) is 0 Å². The maximum Gasteiger partial charge on any atom is 0.158 e. The first-order valence-electron chi connectivity index (χ1n) is 7.53. The van der Waals surface area contributed by atoms with Crippen molar-refractivity contribution in [3.05, 3.63) is 55.0 Å². The molecule has 0 fully saturated rings. The van der Waals surface area contributed by atoms with Crippen molar-refractivity contribution in [3.63, 3.8) is 0 Å². The van der Waals surface area contributed by atoms with E-state index in [1.54, 1.807) is 22.8 Å². The van der Waals surface area contributed by atoms with E-state index in [1.165, 1.54) is 0 Å².